The number of aliphatic imine (C=N–C) groups is 1. The minimum Gasteiger partial charge on any atom is -0.481 e. The molecule has 1 saturated heterocycles. The van der Waals surface area contributed by atoms with Crippen LogP contribution < -0.4 is 32.7 Å². The van der Waals surface area contributed by atoms with Gasteiger partial charge in [-0.1, -0.05) is 0 Å². The first-order valence-electron chi connectivity index (χ1n) is 10.3. The Morgan fingerprint density at radius 2 is 1.67 bits per heavy atom. The van der Waals surface area contributed by atoms with Crippen molar-refractivity contribution in [2.24, 2.45) is 16.5 Å². The van der Waals surface area contributed by atoms with Gasteiger partial charge in [0.25, 0.3) is 0 Å². The summed E-state index contributed by atoms with van der Waals surface area (Å²) in [6.45, 7) is 0.828. The average molecular weight is 490 g/mol. The zero-order valence-electron chi connectivity index (χ0n) is 18.0. The molecule has 1 aliphatic heterocycles. The molecule has 3 amide bonds. The fourth-order valence-corrected chi connectivity index (χ4v) is 3.32. The van der Waals surface area contributed by atoms with Gasteiger partial charge in [0.1, 0.15) is 18.1 Å². The van der Waals surface area contributed by atoms with E-state index in [1.165, 1.54) is 0 Å². The number of amides is 3. The first-order valence-corrected chi connectivity index (χ1v) is 10.9. The number of hydrogen-bond donors (Lipinski definition) is 9. The Kier molecular flexibility index (Phi) is 12.0. The number of aliphatic carboxylic acids is 2. The number of carbonyl (C=O) groups is 5. The maximum Gasteiger partial charge on any atom is 0.326 e. The number of carbonyl (C=O) groups excluding carboxylic acids is 3. The number of rotatable bonds is 14. The van der Waals surface area contributed by atoms with Crippen LogP contribution in [0.2, 0.25) is 0 Å². The molecular weight excluding hydrogens is 458 g/mol. The highest BCUT2D eigenvalue weighted by Gasteiger charge is 2.31. The third kappa shape index (κ3) is 10.4. The standard InChI is InChI=1S/C18H31N7O7S/c19-18(20)22-6-2-4-10(15(29)24-11(17(31)32)7-13(26)27)23-16(30)12(8-33)25-14(28)9-3-1-5-21-9/h9-12,21,33H,1-8H2,(H,23,30)(H,24,29)(H,25,28)(H,26,27)(H,31,32)(H4,19,20,22). The van der Waals surface area contributed by atoms with Crippen molar-refractivity contribution in [1.82, 2.24) is 21.3 Å². The molecule has 0 aliphatic carbocycles. The van der Waals surface area contributed by atoms with Crippen LogP contribution in [0.1, 0.15) is 32.1 Å². The molecule has 0 bridgehead atoms. The molecule has 15 heteroatoms. The Morgan fingerprint density at radius 3 is 2.18 bits per heavy atom. The van der Waals surface area contributed by atoms with Crippen LogP contribution in [0.3, 0.4) is 0 Å². The van der Waals surface area contributed by atoms with E-state index in [0.717, 1.165) is 6.42 Å². The fraction of sp³-hybridized carbons (Fsp3) is 0.667. The maximum absolute atomic E-state index is 12.7. The number of guanidine groups is 1. The molecule has 14 nitrogen and oxygen atoms in total. The second-order valence-corrected chi connectivity index (χ2v) is 7.77. The molecule has 33 heavy (non-hydrogen) atoms. The van der Waals surface area contributed by atoms with Gasteiger partial charge in [0.05, 0.1) is 12.5 Å². The van der Waals surface area contributed by atoms with Gasteiger partial charge in [-0.2, -0.15) is 12.6 Å². The number of nitrogens with two attached hydrogens (primary N) is 2. The van der Waals surface area contributed by atoms with E-state index in [1.54, 1.807) is 0 Å². The van der Waals surface area contributed by atoms with Gasteiger partial charge in [-0.05, 0) is 32.2 Å². The van der Waals surface area contributed by atoms with E-state index in [0.29, 0.717) is 13.0 Å². The topological polar surface area (TPSA) is 238 Å². The Hall–Kier alpha value is -3.07. The van der Waals surface area contributed by atoms with Crippen molar-refractivity contribution < 1.29 is 34.2 Å². The highest BCUT2D eigenvalue weighted by atomic mass is 32.1. The third-order valence-electron chi connectivity index (χ3n) is 4.76. The second kappa shape index (κ2) is 14.2. The lowest BCUT2D eigenvalue weighted by atomic mass is 10.1. The van der Waals surface area contributed by atoms with E-state index < -0.39 is 54.3 Å². The van der Waals surface area contributed by atoms with Gasteiger partial charge in [0.15, 0.2) is 5.96 Å². The molecule has 4 unspecified atom stereocenters. The maximum atomic E-state index is 12.7. The highest BCUT2D eigenvalue weighted by molar-refractivity contribution is 7.80. The van der Waals surface area contributed by atoms with E-state index in [1.807, 2.05) is 0 Å². The van der Waals surface area contributed by atoms with E-state index in [2.05, 4.69) is 38.9 Å². The van der Waals surface area contributed by atoms with Crippen LogP contribution in [0.4, 0.5) is 0 Å². The Labute approximate surface area is 195 Å². The molecular formula is C18H31N7O7S. The van der Waals surface area contributed by atoms with Gasteiger partial charge in [0.2, 0.25) is 17.7 Å². The molecule has 10 N–H and O–H groups in total. The van der Waals surface area contributed by atoms with Crippen LogP contribution in [-0.4, -0.2) is 88.8 Å². The summed E-state index contributed by atoms with van der Waals surface area (Å²) in [5.41, 5.74) is 10.5. The summed E-state index contributed by atoms with van der Waals surface area (Å²) < 4.78 is 0. The fourth-order valence-electron chi connectivity index (χ4n) is 3.07. The van der Waals surface area contributed by atoms with Crippen LogP contribution in [0, 0.1) is 0 Å². The third-order valence-corrected chi connectivity index (χ3v) is 5.13. The van der Waals surface area contributed by atoms with Crippen LogP contribution in [0.5, 0.6) is 0 Å². The minimum absolute atomic E-state index is 0.0190. The summed E-state index contributed by atoms with van der Waals surface area (Å²) in [5, 5.41) is 28.2. The quantitative estimate of drug-likeness (QED) is 0.0510. The summed E-state index contributed by atoms with van der Waals surface area (Å²) in [5.74, 6) is -5.15. The monoisotopic (exact) mass is 489 g/mol. The van der Waals surface area contributed by atoms with Gasteiger partial charge in [0, 0.05) is 12.3 Å². The average Bonchev–Trinajstić information content (AvgIpc) is 3.27. The number of carboxylic acids is 2. The SMILES string of the molecule is NC(N)=NCCCC(NC(=O)C(CS)NC(=O)C1CCCN1)C(=O)NC(CC(=O)O)C(=O)O. The normalized spacial score (nSPS) is 17.8. The molecule has 4 atom stereocenters. The Bertz CT molecular complexity index is 754. The Balaban J connectivity index is 2.86. The molecule has 186 valence electrons. The van der Waals surface area contributed by atoms with Gasteiger partial charge < -0.3 is 42.9 Å². The zero-order valence-corrected chi connectivity index (χ0v) is 18.8. The number of thiol groups is 1. The molecule has 1 rings (SSSR count). The van der Waals surface area contributed by atoms with E-state index in [-0.39, 0.29) is 37.0 Å². The highest BCUT2D eigenvalue weighted by Crippen LogP contribution is 2.06. The van der Waals surface area contributed by atoms with E-state index >= 15 is 0 Å². The van der Waals surface area contributed by atoms with Crippen molar-refractivity contribution in [3.63, 3.8) is 0 Å². The van der Waals surface area contributed by atoms with Crippen molar-refractivity contribution in [3.8, 4) is 0 Å². The first kappa shape index (κ1) is 28.0. The summed E-state index contributed by atoms with van der Waals surface area (Å²) >= 11 is 4.09. The number of hydrogen-bond acceptors (Lipinski definition) is 8. The molecule has 0 aromatic carbocycles. The van der Waals surface area contributed by atoms with E-state index in [4.69, 9.17) is 21.7 Å². The lowest BCUT2D eigenvalue weighted by Gasteiger charge is -2.24. The van der Waals surface area contributed by atoms with Crippen LogP contribution >= 0.6 is 12.6 Å². The predicted molar refractivity (Wildman–Crippen MR) is 120 cm³/mol. The Morgan fingerprint density at radius 1 is 1.03 bits per heavy atom. The van der Waals surface area contributed by atoms with E-state index in [9.17, 15) is 24.0 Å². The lowest BCUT2D eigenvalue weighted by molar-refractivity contribution is -0.147. The number of nitrogens with one attached hydrogen (secondary N) is 4. The molecule has 0 saturated carbocycles. The van der Waals surface area contributed by atoms with Crippen LogP contribution in [0.15, 0.2) is 4.99 Å². The summed E-state index contributed by atoms with van der Waals surface area (Å²) in [4.78, 5) is 63.6. The van der Waals surface area contributed by atoms with Gasteiger partial charge in [-0.15, -0.1) is 0 Å². The predicted octanol–water partition coefficient (Wildman–Crippen LogP) is -3.26. The molecule has 0 radical (unpaired) electrons. The molecule has 1 aliphatic rings. The first-order chi connectivity index (χ1) is 15.5. The van der Waals surface area contributed by atoms with Crippen LogP contribution in [-0.2, 0) is 24.0 Å². The zero-order chi connectivity index (χ0) is 25.0. The van der Waals surface area contributed by atoms with Crippen molar-refractivity contribution in [2.45, 2.75) is 56.3 Å². The van der Waals surface area contributed by atoms with Gasteiger partial charge in [-0.25, -0.2) is 4.79 Å². The largest absolute Gasteiger partial charge is 0.481 e. The minimum atomic E-state index is -1.69. The molecule has 1 heterocycles. The van der Waals surface area contributed by atoms with Gasteiger partial charge in [-0.3, -0.25) is 24.2 Å². The van der Waals surface area contributed by atoms with Crippen molar-refractivity contribution >= 4 is 48.2 Å². The molecule has 0 aromatic heterocycles. The molecule has 1 fully saturated rings. The van der Waals surface area contributed by atoms with Crippen molar-refractivity contribution in [3.05, 3.63) is 0 Å². The molecule has 0 aromatic rings. The summed E-state index contributed by atoms with van der Waals surface area (Å²) in [7, 11) is 0. The second-order valence-electron chi connectivity index (χ2n) is 7.40. The smallest absolute Gasteiger partial charge is 0.326 e. The summed E-state index contributed by atoms with van der Waals surface area (Å²) in [6, 6.07) is -4.40. The van der Waals surface area contributed by atoms with Crippen LogP contribution in [0.25, 0.3) is 0 Å². The van der Waals surface area contributed by atoms with Crippen molar-refractivity contribution in [1.29, 1.82) is 0 Å². The van der Waals surface area contributed by atoms with Gasteiger partial charge >= 0.3 is 11.9 Å². The number of nitrogens with zero attached hydrogens (tertiary/aromatic N) is 1. The molecule has 0 spiro atoms. The summed E-state index contributed by atoms with van der Waals surface area (Å²) in [6.07, 6.45) is 0.874. The number of carboxylic acid groups (broad SMARTS) is 2. The lowest BCUT2D eigenvalue weighted by Crippen LogP contribution is -2.57. The van der Waals surface area contributed by atoms with Crippen molar-refractivity contribution in [2.75, 3.05) is 18.8 Å².